The lowest BCUT2D eigenvalue weighted by atomic mass is 10.1. The summed E-state index contributed by atoms with van der Waals surface area (Å²) in [7, 11) is 1.39. The summed E-state index contributed by atoms with van der Waals surface area (Å²) in [6, 6.07) is 0.205. The van der Waals surface area contributed by atoms with Crippen LogP contribution >= 0.6 is 24.0 Å². The van der Waals surface area contributed by atoms with Crippen LogP contribution in [0.15, 0.2) is 4.99 Å². The molecule has 2 atom stereocenters. The van der Waals surface area contributed by atoms with Crippen LogP contribution in [0.2, 0.25) is 0 Å². The second kappa shape index (κ2) is 11.6. The van der Waals surface area contributed by atoms with Crippen LogP contribution in [0.5, 0.6) is 0 Å². The Balaban J connectivity index is 0.00000338. The molecular formula is C18H33IN4O3. The molecule has 26 heavy (non-hydrogen) atoms. The highest BCUT2D eigenvalue weighted by molar-refractivity contribution is 14.0. The van der Waals surface area contributed by atoms with E-state index < -0.39 is 0 Å². The van der Waals surface area contributed by atoms with Crippen LogP contribution in [0, 0.1) is 11.8 Å². The summed E-state index contributed by atoms with van der Waals surface area (Å²) < 4.78 is 4.73. The third-order valence-corrected chi connectivity index (χ3v) is 5.02. The van der Waals surface area contributed by atoms with Gasteiger partial charge in [0, 0.05) is 31.6 Å². The highest BCUT2D eigenvalue weighted by Crippen LogP contribution is 2.27. The first-order valence-corrected chi connectivity index (χ1v) is 9.46. The lowest BCUT2D eigenvalue weighted by Crippen LogP contribution is -2.45. The lowest BCUT2D eigenvalue weighted by Gasteiger charge is -2.21. The predicted octanol–water partition coefficient (Wildman–Crippen LogP) is 1.76. The molecule has 8 heteroatoms. The summed E-state index contributed by atoms with van der Waals surface area (Å²) in [5.41, 5.74) is 0. The van der Waals surface area contributed by atoms with E-state index in [4.69, 9.17) is 4.74 Å². The standard InChI is InChI=1S/C18H32N4O3.HI/c1-4-19-18(20-11-13(2)17(24)25-3)21-15-9-10-22(12-15)16(23)14-7-5-6-8-14;/h13-15H,4-12H2,1-3H3,(H2,19,20,21);1H. The molecule has 0 spiro atoms. The summed E-state index contributed by atoms with van der Waals surface area (Å²) >= 11 is 0. The minimum absolute atomic E-state index is 0. The number of carbonyl (C=O) groups is 2. The number of ether oxygens (including phenoxy) is 1. The summed E-state index contributed by atoms with van der Waals surface area (Å²) in [6.45, 7) is 6.47. The van der Waals surface area contributed by atoms with Gasteiger partial charge < -0.3 is 20.3 Å². The number of hydrogen-bond donors (Lipinski definition) is 2. The molecule has 0 aromatic carbocycles. The quantitative estimate of drug-likeness (QED) is 0.262. The van der Waals surface area contributed by atoms with E-state index in [1.54, 1.807) is 6.92 Å². The second-order valence-electron chi connectivity index (χ2n) is 7.04. The highest BCUT2D eigenvalue weighted by Gasteiger charge is 2.32. The Morgan fingerprint density at radius 2 is 1.96 bits per heavy atom. The van der Waals surface area contributed by atoms with Crippen molar-refractivity contribution >= 4 is 41.8 Å². The lowest BCUT2D eigenvalue weighted by molar-refractivity contribution is -0.144. The molecule has 2 aliphatic rings. The molecule has 1 amide bonds. The van der Waals surface area contributed by atoms with Crippen LogP contribution in [0.4, 0.5) is 0 Å². The van der Waals surface area contributed by atoms with Crippen molar-refractivity contribution in [2.75, 3.05) is 33.3 Å². The topological polar surface area (TPSA) is 83.0 Å². The summed E-state index contributed by atoms with van der Waals surface area (Å²) in [5, 5.41) is 6.60. The SMILES string of the molecule is CCNC(=NCC(C)C(=O)OC)NC1CCN(C(=O)C2CCCC2)C1.I. The van der Waals surface area contributed by atoms with E-state index in [1.165, 1.54) is 20.0 Å². The number of rotatable bonds is 6. The Hall–Kier alpha value is -1.06. The van der Waals surface area contributed by atoms with Crippen LogP contribution in [0.3, 0.4) is 0 Å². The van der Waals surface area contributed by atoms with Crippen molar-refractivity contribution in [3.8, 4) is 0 Å². The van der Waals surface area contributed by atoms with Crippen molar-refractivity contribution in [1.82, 2.24) is 15.5 Å². The predicted molar refractivity (Wildman–Crippen MR) is 113 cm³/mol. The van der Waals surface area contributed by atoms with Crippen LogP contribution in [-0.4, -0.2) is 62.1 Å². The zero-order valence-electron chi connectivity index (χ0n) is 16.1. The number of esters is 1. The number of methoxy groups -OCH3 is 1. The first kappa shape index (κ1) is 23.0. The van der Waals surface area contributed by atoms with Gasteiger partial charge in [0.1, 0.15) is 0 Å². The minimum Gasteiger partial charge on any atom is -0.469 e. The zero-order valence-corrected chi connectivity index (χ0v) is 18.5. The van der Waals surface area contributed by atoms with Gasteiger partial charge in [0.2, 0.25) is 5.91 Å². The number of halogens is 1. The van der Waals surface area contributed by atoms with Crippen LogP contribution < -0.4 is 10.6 Å². The second-order valence-corrected chi connectivity index (χ2v) is 7.04. The van der Waals surface area contributed by atoms with Crippen molar-refractivity contribution in [3.63, 3.8) is 0 Å². The maximum Gasteiger partial charge on any atom is 0.310 e. The molecule has 0 aromatic heterocycles. The largest absolute Gasteiger partial charge is 0.469 e. The van der Waals surface area contributed by atoms with E-state index in [1.807, 2.05) is 11.8 Å². The molecule has 2 fully saturated rings. The van der Waals surface area contributed by atoms with Crippen LogP contribution in [0.1, 0.15) is 46.0 Å². The van der Waals surface area contributed by atoms with Gasteiger partial charge in [-0.3, -0.25) is 14.6 Å². The zero-order chi connectivity index (χ0) is 18.2. The fraction of sp³-hybridized carbons (Fsp3) is 0.833. The summed E-state index contributed by atoms with van der Waals surface area (Å²) in [5.74, 6) is 0.723. The Labute approximate surface area is 173 Å². The number of carbonyl (C=O) groups excluding carboxylic acids is 2. The van der Waals surface area contributed by atoms with Gasteiger partial charge in [-0.25, -0.2) is 0 Å². The van der Waals surface area contributed by atoms with Crippen LogP contribution in [0.25, 0.3) is 0 Å². The molecule has 7 nitrogen and oxygen atoms in total. The molecule has 2 rings (SSSR count). The Morgan fingerprint density at radius 3 is 2.58 bits per heavy atom. The molecule has 0 bridgehead atoms. The van der Waals surface area contributed by atoms with E-state index >= 15 is 0 Å². The normalized spacial score (nSPS) is 21.9. The van der Waals surface area contributed by atoms with Gasteiger partial charge in [-0.15, -0.1) is 24.0 Å². The maximum absolute atomic E-state index is 12.5. The number of nitrogens with zero attached hydrogens (tertiary/aromatic N) is 2. The maximum atomic E-state index is 12.5. The van der Waals surface area contributed by atoms with Crippen molar-refractivity contribution in [2.24, 2.45) is 16.8 Å². The van der Waals surface area contributed by atoms with E-state index in [0.717, 1.165) is 38.9 Å². The molecular weight excluding hydrogens is 447 g/mol. The molecule has 1 saturated carbocycles. The first-order valence-electron chi connectivity index (χ1n) is 9.46. The molecule has 150 valence electrons. The minimum atomic E-state index is -0.274. The molecule has 1 heterocycles. The molecule has 2 N–H and O–H groups in total. The third kappa shape index (κ3) is 6.59. The van der Waals surface area contributed by atoms with Crippen molar-refractivity contribution in [1.29, 1.82) is 0 Å². The molecule has 1 aliphatic carbocycles. The average molecular weight is 480 g/mol. The van der Waals surface area contributed by atoms with Crippen LogP contribution in [-0.2, 0) is 14.3 Å². The molecule has 2 unspecified atom stereocenters. The monoisotopic (exact) mass is 480 g/mol. The van der Waals surface area contributed by atoms with Crippen molar-refractivity contribution < 1.29 is 14.3 Å². The van der Waals surface area contributed by atoms with Gasteiger partial charge in [0.15, 0.2) is 5.96 Å². The Kier molecular flexibility index (Phi) is 10.3. The van der Waals surface area contributed by atoms with E-state index in [2.05, 4.69) is 15.6 Å². The van der Waals surface area contributed by atoms with Gasteiger partial charge in [-0.2, -0.15) is 0 Å². The molecule has 0 radical (unpaired) electrons. The highest BCUT2D eigenvalue weighted by atomic mass is 127. The Bertz CT molecular complexity index is 495. The van der Waals surface area contributed by atoms with Crippen molar-refractivity contribution in [3.05, 3.63) is 0 Å². The van der Waals surface area contributed by atoms with Crippen molar-refractivity contribution in [2.45, 2.75) is 52.0 Å². The van der Waals surface area contributed by atoms with Gasteiger partial charge in [-0.1, -0.05) is 19.8 Å². The third-order valence-electron chi connectivity index (χ3n) is 5.02. The van der Waals surface area contributed by atoms with Gasteiger partial charge in [0.05, 0.1) is 19.6 Å². The van der Waals surface area contributed by atoms with Gasteiger partial charge in [-0.05, 0) is 26.2 Å². The molecule has 1 aliphatic heterocycles. The van der Waals surface area contributed by atoms with Gasteiger partial charge >= 0.3 is 5.97 Å². The fourth-order valence-electron chi connectivity index (χ4n) is 3.53. The number of amides is 1. The Morgan fingerprint density at radius 1 is 1.27 bits per heavy atom. The number of hydrogen-bond acceptors (Lipinski definition) is 4. The first-order chi connectivity index (χ1) is 12.0. The number of guanidine groups is 1. The smallest absolute Gasteiger partial charge is 0.310 e. The number of nitrogens with one attached hydrogen (secondary N) is 2. The average Bonchev–Trinajstić information content (AvgIpc) is 3.30. The van der Waals surface area contributed by atoms with E-state index in [9.17, 15) is 9.59 Å². The summed E-state index contributed by atoms with van der Waals surface area (Å²) in [4.78, 5) is 30.5. The number of likely N-dealkylation sites (tertiary alicyclic amines) is 1. The summed E-state index contributed by atoms with van der Waals surface area (Å²) in [6.07, 6.45) is 5.38. The van der Waals surface area contributed by atoms with E-state index in [-0.39, 0.29) is 47.8 Å². The molecule has 0 aromatic rings. The van der Waals surface area contributed by atoms with E-state index in [0.29, 0.717) is 18.4 Å². The fourth-order valence-corrected chi connectivity index (χ4v) is 3.53. The molecule has 1 saturated heterocycles. The van der Waals surface area contributed by atoms with Gasteiger partial charge in [0.25, 0.3) is 0 Å². The number of aliphatic imine (C=N–C) groups is 1.